The maximum absolute atomic E-state index is 12.9. The fraction of sp³-hybridized carbons (Fsp3) is 0.720. The molecule has 0 radical (unpaired) electrons. The molecule has 1 aromatic heterocycles. The highest BCUT2D eigenvalue weighted by Gasteiger charge is 2.51. The zero-order chi connectivity index (χ0) is 25.3. The second kappa shape index (κ2) is 10.2. The quantitative estimate of drug-likeness (QED) is 0.484. The van der Waals surface area contributed by atoms with Crippen molar-refractivity contribution in [2.75, 3.05) is 26.7 Å². The minimum absolute atomic E-state index is 0.231. The van der Waals surface area contributed by atoms with Gasteiger partial charge in [-0.15, -0.1) is 0 Å². The number of hydrogen-bond donors (Lipinski definition) is 3. The number of pyridine rings is 1. The maximum atomic E-state index is 12.9. The van der Waals surface area contributed by atoms with Gasteiger partial charge in [0.2, 0.25) is 5.88 Å². The van der Waals surface area contributed by atoms with E-state index in [0.717, 1.165) is 25.7 Å². The summed E-state index contributed by atoms with van der Waals surface area (Å²) in [6, 6.07) is 2.76. The van der Waals surface area contributed by atoms with Crippen LogP contribution in [0.2, 0.25) is 0 Å². The highest BCUT2D eigenvalue weighted by atomic mass is 32.2. The standard InChI is InChI=1S/C25H37N5O5S/c1-35-23-21(3-2-7-27-23)22(31)26-8-4-17-5-9-30(10-6-17)36(33,34)29-24(32)28-25-14-18-11-19(15-25)13-20(12-18)16-25/h2-3,7,17-20H,4-6,8-16H2,1H3,(H,26,31)(H2,28,29,32). The van der Waals surface area contributed by atoms with Gasteiger partial charge in [0.1, 0.15) is 5.56 Å². The Bertz CT molecular complexity index is 1050. The Labute approximate surface area is 213 Å². The smallest absolute Gasteiger partial charge is 0.329 e. The first-order chi connectivity index (χ1) is 17.2. The Hall–Kier alpha value is -2.40. The molecule has 5 aliphatic rings. The number of nitrogens with one attached hydrogen (secondary N) is 3. The predicted molar refractivity (Wildman–Crippen MR) is 134 cm³/mol. The summed E-state index contributed by atoms with van der Waals surface area (Å²) >= 11 is 0. The molecule has 4 saturated carbocycles. The van der Waals surface area contributed by atoms with E-state index in [-0.39, 0.29) is 17.3 Å². The molecule has 4 bridgehead atoms. The number of piperidine rings is 1. The molecule has 0 aromatic carbocycles. The molecule has 198 valence electrons. The third-order valence-corrected chi connectivity index (χ3v) is 10.1. The Kier molecular flexibility index (Phi) is 7.13. The molecule has 1 saturated heterocycles. The molecule has 4 aliphatic carbocycles. The number of methoxy groups -OCH3 is 1. The van der Waals surface area contributed by atoms with Crippen LogP contribution in [0.25, 0.3) is 0 Å². The van der Waals surface area contributed by atoms with E-state index >= 15 is 0 Å². The van der Waals surface area contributed by atoms with Gasteiger partial charge in [0.25, 0.3) is 5.91 Å². The molecule has 0 spiro atoms. The van der Waals surface area contributed by atoms with E-state index in [9.17, 15) is 18.0 Å². The Morgan fingerprint density at radius 3 is 2.36 bits per heavy atom. The predicted octanol–water partition coefficient (Wildman–Crippen LogP) is 2.43. The van der Waals surface area contributed by atoms with Gasteiger partial charge in [-0.25, -0.2) is 14.5 Å². The normalized spacial score (nSPS) is 30.1. The van der Waals surface area contributed by atoms with Gasteiger partial charge in [-0.1, -0.05) is 0 Å². The zero-order valence-corrected chi connectivity index (χ0v) is 21.7. The van der Waals surface area contributed by atoms with Gasteiger partial charge in [0.15, 0.2) is 0 Å². The van der Waals surface area contributed by atoms with E-state index < -0.39 is 16.2 Å². The van der Waals surface area contributed by atoms with Gasteiger partial charge in [-0.05, 0) is 93.6 Å². The lowest BCUT2D eigenvalue weighted by Crippen LogP contribution is -2.62. The monoisotopic (exact) mass is 519 g/mol. The van der Waals surface area contributed by atoms with Crippen LogP contribution in [0.15, 0.2) is 18.3 Å². The second-order valence-corrected chi connectivity index (χ2v) is 12.9. The van der Waals surface area contributed by atoms with Crippen molar-refractivity contribution in [3.63, 3.8) is 0 Å². The van der Waals surface area contributed by atoms with Crippen LogP contribution in [0.4, 0.5) is 4.79 Å². The van der Waals surface area contributed by atoms with Gasteiger partial charge < -0.3 is 15.4 Å². The van der Waals surface area contributed by atoms with Crippen LogP contribution < -0.4 is 20.1 Å². The van der Waals surface area contributed by atoms with Crippen molar-refractivity contribution in [2.24, 2.45) is 23.7 Å². The van der Waals surface area contributed by atoms with Crippen LogP contribution in [-0.4, -0.2) is 61.9 Å². The van der Waals surface area contributed by atoms with Gasteiger partial charge >= 0.3 is 16.2 Å². The van der Waals surface area contributed by atoms with Crippen LogP contribution in [0.3, 0.4) is 0 Å². The molecule has 5 fully saturated rings. The lowest BCUT2D eigenvalue weighted by molar-refractivity contribution is -0.0132. The first-order valence-electron chi connectivity index (χ1n) is 13.1. The molecule has 0 unspecified atom stereocenters. The van der Waals surface area contributed by atoms with Gasteiger partial charge in [-0.3, -0.25) is 4.79 Å². The minimum atomic E-state index is -3.89. The number of carbonyl (C=O) groups excluding carboxylic acids is 2. The summed E-state index contributed by atoms with van der Waals surface area (Å²) < 4.78 is 34.5. The summed E-state index contributed by atoms with van der Waals surface area (Å²) in [5.41, 5.74) is 0.157. The number of carbonyl (C=O) groups is 2. The molecule has 11 heteroatoms. The van der Waals surface area contributed by atoms with Crippen molar-refractivity contribution < 1.29 is 22.7 Å². The van der Waals surface area contributed by atoms with Crippen LogP contribution in [0, 0.1) is 23.7 Å². The van der Waals surface area contributed by atoms with Crippen molar-refractivity contribution in [2.45, 2.75) is 63.3 Å². The molecule has 1 aliphatic heterocycles. The van der Waals surface area contributed by atoms with Crippen LogP contribution in [0.1, 0.15) is 68.1 Å². The Balaban J connectivity index is 1.05. The minimum Gasteiger partial charge on any atom is -0.480 e. The lowest BCUT2D eigenvalue weighted by Gasteiger charge is -2.56. The maximum Gasteiger partial charge on any atom is 0.329 e. The van der Waals surface area contributed by atoms with Crippen LogP contribution in [-0.2, 0) is 10.2 Å². The molecule has 10 nitrogen and oxygen atoms in total. The van der Waals surface area contributed by atoms with Crippen molar-refractivity contribution in [3.05, 3.63) is 23.9 Å². The van der Waals surface area contributed by atoms with Gasteiger partial charge in [0, 0.05) is 31.4 Å². The number of ether oxygens (including phenoxy) is 1. The third-order valence-electron chi connectivity index (χ3n) is 8.60. The highest BCUT2D eigenvalue weighted by Crippen LogP contribution is 2.55. The molecule has 36 heavy (non-hydrogen) atoms. The van der Waals surface area contributed by atoms with Gasteiger partial charge in [-0.2, -0.15) is 12.7 Å². The van der Waals surface area contributed by atoms with E-state index in [1.165, 1.54) is 30.7 Å². The van der Waals surface area contributed by atoms with E-state index in [2.05, 4.69) is 20.3 Å². The summed E-state index contributed by atoms with van der Waals surface area (Å²) in [6.07, 6.45) is 10.4. The van der Waals surface area contributed by atoms with E-state index in [1.807, 2.05) is 0 Å². The summed E-state index contributed by atoms with van der Waals surface area (Å²) in [7, 11) is -2.41. The molecule has 6 rings (SSSR count). The summed E-state index contributed by atoms with van der Waals surface area (Å²) in [4.78, 5) is 29.2. The molecule has 3 amide bonds. The molecular formula is C25H37N5O5S. The number of amides is 3. The number of aromatic nitrogens is 1. The number of rotatable bonds is 8. The first-order valence-corrected chi connectivity index (χ1v) is 14.6. The number of nitrogens with zero attached hydrogens (tertiary/aromatic N) is 2. The largest absolute Gasteiger partial charge is 0.480 e. The van der Waals surface area contributed by atoms with Crippen LogP contribution >= 0.6 is 0 Å². The van der Waals surface area contributed by atoms with Gasteiger partial charge in [0.05, 0.1) is 7.11 Å². The second-order valence-electron chi connectivity index (χ2n) is 11.2. The molecule has 2 heterocycles. The fourth-order valence-electron chi connectivity index (χ4n) is 7.36. The average molecular weight is 520 g/mol. The SMILES string of the molecule is COc1ncccc1C(=O)NCCC1CCN(S(=O)(=O)NC(=O)NC23CC4CC(CC(C4)C2)C3)CC1. The Morgan fingerprint density at radius 1 is 1.11 bits per heavy atom. The first kappa shape index (κ1) is 25.3. The molecule has 1 aromatic rings. The zero-order valence-electron chi connectivity index (χ0n) is 20.9. The third kappa shape index (κ3) is 5.46. The number of urea groups is 1. The highest BCUT2D eigenvalue weighted by molar-refractivity contribution is 7.87. The topological polar surface area (TPSA) is 130 Å². The van der Waals surface area contributed by atoms with Crippen molar-refractivity contribution in [1.29, 1.82) is 0 Å². The summed E-state index contributed by atoms with van der Waals surface area (Å²) in [6.45, 7) is 1.20. The van der Waals surface area contributed by atoms with Crippen molar-refractivity contribution in [3.8, 4) is 5.88 Å². The van der Waals surface area contributed by atoms with Crippen LogP contribution in [0.5, 0.6) is 5.88 Å². The molecular weight excluding hydrogens is 482 g/mol. The lowest BCUT2D eigenvalue weighted by atomic mass is 9.53. The van der Waals surface area contributed by atoms with E-state index in [1.54, 1.807) is 18.3 Å². The summed E-state index contributed by atoms with van der Waals surface area (Å²) in [5.74, 6) is 2.35. The molecule has 3 N–H and O–H groups in total. The Morgan fingerprint density at radius 2 is 1.75 bits per heavy atom. The summed E-state index contributed by atoms with van der Waals surface area (Å²) in [5, 5.41) is 5.97. The van der Waals surface area contributed by atoms with E-state index in [4.69, 9.17) is 4.74 Å². The average Bonchev–Trinajstić information content (AvgIpc) is 2.82. The van der Waals surface area contributed by atoms with Crippen molar-refractivity contribution in [1.82, 2.24) is 24.6 Å². The number of hydrogen-bond acceptors (Lipinski definition) is 6. The fourth-order valence-corrected chi connectivity index (χ4v) is 8.47. The molecule has 0 atom stereocenters. The van der Waals surface area contributed by atoms with E-state index in [0.29, 0.717) is 61.7 Å². The van der Waals surface area contributed by atoms with Crippen molar-refractivity contribution >= 4 is 22.1 Å².